The van der Waals surface area contributed by atoms with Crippen LogP contribution in [0.25, 0.3) is 0 Å². The normalized spacial score (nSPS) is 24.4. The predicted molar refractivity (Wildman–Crippen MR) is 61.9 cm³/mol. The maximum atomic E-state index is 13.5. The molecule has 0 radical (unpaired) electrons. The number of ether oxygens (including phenoxy) is 1. The third-order valence-electron chi connectivity index (χ3n) is 2.70. The van der Waals surface area contributed by atoms with Crippen LogP contribution >= 0.6 is 0 Å². The van der Waals surface area contributed by atoms with Crippen molar-refractivity contribution < 1.29 is 9.13 Å². The summed E-state index contributed by atoms with van der Waals surface area (Å²) in [6.45, 7) is 2.67. The van der Waals surface area contributed by atoms with E-state index in [0.29, 0.717) is 6.61 Å². The fourth-order valence-corrected chi connectivity index (χ4v) is 1.86. The molecule has 6 nitrogen and oxygen atoms in total. The quantitative estimate of drug-likeness (QED) is 0.538. The van der Waals surface area contributed by atoms with Crippen molar-refractivity contribution in [1.82, 2.24) is 9.97 Å². The van der Waals surface area contributed by atoms with E-state index in [4.69, 9.17) is 10.6 Å². The Morgan fingerprint density at radius 2 is 2.41 bits per heavy atom. The first-order valence-electron chi connectivity index (χ1n) is 5.56. The minimum absolute atomic E-state index is 0.161. The van der Waals surface area contributed by atoms with Crippen LogP contribution in [0.15, 0.2) is 6.20 Å². The van der Waals surface area contributed by atoms with Gasteiger partial charge >= 0.3 is 0 Å². The number of hydrogen-bond acceptors (Lipinski definition) is 6. The largest absolute Gasteiger partial charge is 0.378 e. The van der Waals surface area contributed by atoms with Gasteiger partial charge in [0.05, 0.1) is 12.3 Å². The van der Waals surface area contributed by atoms with E-state index in [1.165, 1.54) is 0 Å². The molecule has 0 spiro atoms. The van der Waals surface area contributed by atoms with Crippen LogP contribution in [0.4, 0.5) is 16.2 Å². The minimum Gasteiger partial charge on any atom is -0.378 e. The second-order valence-electron chi connectivity index (χ2n) is 4.08. The topological polar surface area (TPSA) is 85.1 Å². The number of nitrogen functional groups attached to an aromatic ring is 1. The predicted octanol–water partition coefficient (Wildman–Crippen LogP) is 0.881. The van der Waals surface area contributed by atoms with Gasteiger partial charge in [0.1, 0.15) is 0 Å². The zero-order chi connectivity index (χ0) is 12.3. The zero-order valence-electron chi connectivity index (χ0n) is 9.61. The summed E-state index contributed by atoms with van der Waals surface area (Å²) in [7, 11) is 0. The summed E-state index contributed by atoms with van der Waals surface area (Å²) >= 11 is 0. The Morgan fingerprint density at radius 1 is 1.59 bits per heavy atom. The van der Waals surface area contributed by atoms with E-state index >= 15 is 0 Å². The first-order chi connectivity index (χ1) is 8.19. The van der Waals surface area contributed by atoms with Crippen LogP contribution in [-0.4, -0.2) is 28.7 Å². The van der Waals surface area contributed by atoms with Crippen LogP contribution in [0.5, 0.6) is 0 Å². The summed E-state index contributed by atoms with van der Waals surface area (Å²) in [5, 5.41) is 3.05. The number of nitrogens with two attached hydrogens (primary N) is 1. The van der Waals surface area contributed by atoms with Crippen molar-refractivity contribution in [2.45, 2.75) is 31.9 Å². The maximum absolute atomic E-state index is 13.5. The monoisotopic (exact) mass is 241 g/mol. The van der Waals surface area contributed by atoms with E-state index in [2.05, 4.69) is 20.7 Å². The van der Waals surface area contributed by atoms with Crippen molar-refractivity contribution in [3.8, 4) is 0 Å². The van der Waals surface area contributed by atoms with Crippen LogP contribution in [0.3, 0.4) is 0 Å². The van der Waals surface area contributed by atoms with Gasteiger partial charge in [0.2, 0.25) is 5.95 Å². The SMILES string of the molecule is CC1CC(Nc2nc(NN)ncc2F)CCO1. The Morgan fingerprint density at radius 3 is 3.12 bits per heavy atom. The van der Waals surface area contributed by atoms with E-state index in [0.717, 1.165) is 19.0 Å². The van der Waals surface area contributed by atoms with Gasteiger partial charge in [-0.05, 0) is 19.8 Å². The lowest BCUT2D eigenvalue weighted by atomic mass is 10.0. The van der Waals surface area contributed by atoms with E-state index in [9.17, 15) is 4.39 Å². The van der Waals surface area contributed by atoms with Gasteiger partial charge in [-0.15, -0.1) is 0 Å². The first-order valence-corrected chi connectivity index (χ1v) is 5.56. The molecule has 1 fully saturated rings. The van der Waals surface area contributed by atoms with Crippen molar-refractivity contribution in [1.29, 1.82) is 0 Å². The smallest absolute Gasteiger partial charge is 0.239 e. The molecule has 0 aliphatic carbocycles. The van der Waals surface area contributed by atoms with E-state index < -0.39 is 5.82 Å². The molecule has 2 rings (SSSR count). The van der Waals surface area contributed by atoms with Gasteiger partial charge in [0.15, 0.2) is 11.6 Å². The summed E-state index contributed by atoms with van der Waals surface area (Å²) in [6.07, 6.45) is 2.93. The van der Waals surface area contributed by atoms with Crippen molar-refractivity contribution in [2.75, 3.05) is 17.3 Å². The lowest BCUT2D eigenvalue weighted by molar-refractivity contribution is 0.0231. The van der Waals surface area contributed by atoms with Crippen LogP contribution in [0, 0.1) is 5.82 Å². The molecule has 0 saturated carbocycles. The Hall–Kier alpha value is -1.47. The summed E-state index contributed by atoms with van der Waals surface area (Å²) < 4.78 is 18.9. The van der Waals surface area contributed by atoms with Gasteiger partial charge in [-0.25, -0.2) is 15.2 Å². The molecule has 17 heavy (non-hydrogen) atoms. The first kappa shape index (κ1) is 12.0. The van der Waals surface area contributed by atoms with E-state index in [1.54, 1.807) is 0 Å². The average molecular weight is 241 g/mol. The summed E-state index contributed by atoms with van der Waals surface area (Å²) in [6, 6.07) is 0.161. The molecular formula is C10H16FN5O. The molecule has 4 N–H and O–H groups in total. The van der Waals surface area contributed by atoms with Gasteiger partial charge in [-0.1, -0.05) is 0 Å². The molecule has 1 saturated heterocycles. The highest BCUT2D eigenvalue weighted by Crippen LogP contribution is 2.19. The molecule has 1 aliphatic heterocycles. The maximum Gasteiger partial charge on any atom is 0.239 e. The number of halogens is 1. The number of nitrogens with zero attached hydrogens (tertiary/aromatic N) is 2. The Balaban J connectivity index is 2.06. The molecule has 1 aliphatic rings. The average Bonchev–Trinajstić information content (AvgIpc) is 2.32. The zero-order valence-corrected chi connectivity index (χ0v) is 9.61. The molecule has 0 amide bonds. The second-order valence-corrected chi connectivity index (χ2v) is 4.08. The molecule has 1 aromatic rings. The van der Waals surface area contributed by atoms with E-state index in [1.807, 2.05) is 6.92 Å². The second kappa shape index (κ2) is 5.24. The number of anilines is 2. The third-order valence-corrected chi connectivity index (χ3v) is 2.70. The van der Waals surface area contributed by atoms with Crippen molar-refractivity contribution in [3.63, 3.8) is 0 Å². The van der Waals surface area contributed by atoms with Crippen LogP contribution < -0.4 is 16.6 Å². The molecule has 94 valence electrons. The summed E-state index contributed by atoms with van der Waals surface area (Å²) in [4.78, 5) is 7.61. The fourth-order valence-electron chi connectivity index (χ4n) is 1.86. The molecular weight excluding hydrogens is 225 g/mol. The van der Waals surface area contributed by atoms with Gasteiger partial charge in [0.25, 0.3) is 0 Å². The number of hydrazine groups is 1. The Labute approximate surface area is 98.7 Å². The number of rotatable bonds is 3. The summed E-state index contributed by atoms with van der Waals surface area (Å²) in [5.41, 5.74) is 2.29. The summed E-state index contributed by atoms with van der Waals surface area (Å²) in [5.74, 6) is 5.06. The minimum atomic E-state index is -0.483. The molecule has 2 unspecified atom stereocenters. The molecule has 0 bridgehead atoms. The third kappa shape index (κ3) is 3.01. The van der Waals surface area contributed by atoms with Gasteiger partial charge in [-0.2, -0.15) is 4.98 Å². The molecule has 2 heterocycles. The van der Waals surface area contributed by atoms with Crippen LogP contribution in [0.1, 0.15) is 19.8 Å². The lowest BCUT2D eigenvalue weighted by Gasteiger charge is -2.28. The van der Waals surface area contributed by atoms with Gasteiger partial charge in [-0.3, -0.25) is 5.43 Å². The van der Waals surface area contributed by atoms with Gasteiger partial charge in [0, 0.05) is 12.6 Å². The number of aromatic nitrogens is 2. The standard InChI is InChI=1S/C10H16FN5O/c1-6-4-7(2-3-17-6)14-9-8(11)5-13-10(15-9)16-12/h5-7H,2-4,12H2,1H3,(H2,13,14,15,16). The van der Waals surface area contributed by atoms with Crippen LogP contribution in [-0.2, 0) is 4.74 Å². The highest BCUT2D eigenvalue weighted by atomic mass is 19.1. The van der Waals surface area contributed by atoms with E-state index in [-0.39, 0.29) is 23.9 Å². The lowest BCUT2D eigenvalue weighted by Crippen LogP contribution is -2.33. The van der Waals surface area contributed by atoms with Crippen molar-refractivity contribution in [2.24, 2.45) is 5.84 Å². The Bertz CT molecular complexity index is 389. The van der Waals surface area contributed by atoms with Crippen molar-refractivity contribution in [3.05, 3.63) is 12.0 Å². The molecule has 0 aromatic carbocycles. The van der Waals surface area contributed by atoms with Gasteiger partial charge < -0.3 is 10.1 Å². The highest BCUT2D eigenvalue weighted by Gasteiger charge is 2.20. The van der Waals surface area contributed by atoms with Crippen LogP contribution in [0.2, 0.25) is 0 Å². The highest BCUT2D eigenvalue weighted by molar-refractivity contribution is 5.41. The molecule has 2 atom stereocenters. The molecule has 7 heteroatoms. The fraction of sp³-hybridized carbons (Fsp3) is 0.600. The molecule has 1 aromatic heterocycles. The number of nitrogens with one attached hydrogen (secondary N) is 2. The van der Waals surface area contributed by atoms with Crippen molar-refractivity contribution >= 4 is 11.8 Å². The Kier molecular flexibility index (Phi) is 3.70. The number of hydrogen-bond donors (Lipinski definition) is 3.